The van der Waals surface area contributed by atoms with Crippen LogP contribution in [0.5, 0.6) is 5.75 Å². The van der Waals surface area contributed by atoms with Gasteiger partial charge >= 0.3 is 0 Å². The molecular weight excluding hydrogens is 321 g/mol. The fourth-order valence-electron chi connectivity index (χ4n) is 3.10. The highest BCUT2D eigenvalue weighted by molar-refractivity contribution is 5.80. The Morgan fingerprint density at radius 2 is 2.36 bits per heavy atom. The van der Waals surface area contributed by atoms with Gasteiger partial charge in [0.1, 0.15) is 18.2 Å². The van der Waals surface area contributed by atoms with Crippen molar-refractivity contribution in [3.63, 3.8) is 0 Å². The quantitative estimate of drug-likeness (QED) is 0.512. The molecule has 1 aliphatic heterocycles. The summed E-state index contributed by atoms with van der Waals surface area (Å²) in [6.45, 7) is 2.94. The molecule has 1 aliphatic rings. The molecule has 6 nitrogen and oxygen atoms in total. The Kier molecular flexibility index (Phi) is 5.53. The molecule has 0 aliphatic carbocycles. The van der Waals surface area contributed by atoms with Crippen LogP contribution < -0.4 is 10.1 Å². The highest BCUT2D eigenvalue weighted by atomic mass is 19.1. The molecular formula is C18H24FN5O. The standard InChI is InChI=1S/C18H24FN5O/c1-20-18(21-7-9-25-17-5-3-4-16(19)10-17)24-8-6-14(13-24)15-11-22-23(2)12-15/h3-5,10-12,14H,6-9,13H2,1-2H3,(H,20,21). The van der Waals surface area contributed by atoms with Gasteiger partial charge in [0.05, 0.1) is 12.7 Å². The number of aliphatic imine (C=N–C) groups is 1. The predicted octanol–water partition coefficient (Wildman–Crippen LogP) is 2.00. The average Bonchev–Trinajstić information content (AvgIpc) is 3.24. The predicted molar refractivity (Wildman–Crippen MR) is 95.4 cm³/mol. The minimum Gasteiger partial charge on any atom is -0.492 e. The number of benzene rings is 1. The lowest BCUT2D eigenvalue weighted by molar-refractivity contribution is 0.317. The number of rotatable bonds is 5. The molecule has 0 amide bonds. The van der Waals surface area contributed by atoms with Crippen LogP contribution in [0.25, 0.3) is 0 Å². The van der Waals surface area contributed by atoms with Crippen molar-refractivity contribution < 1.29 is 9.13 Å². The molecule has 0 radical (unpaired) electrons. The Balaban J connectivity index is 1.45. The van der Waals surface area contributed by atoms with E-state index >= 15 is 0 Å². The average molecular weight is 345 g/mol. The Morgan fingerprint density at radius 1 is 1.48 bits per heavy atom. The van der Waals surface area contributed by atoms with Crippen LogP contribution in [0.4, 0.5) is 4.39 Å². The zero-order valence-corrected chi connectivity index (χ0v) is 14.7. The van der Waals surface area contributed by atoms with Crippen molar-refractivity contribution in [2.75, 3.05) is 33.3 Å². The first kappa shape index (κ1) is 17.3. The zero-order chi connectivity index (χ0) is 17.6. The molecule has 1 atom stereocenters. The molecule has 3 rings (SSSR count). The molecule has 7 heteroatoms. The van der Waals surface area contributed by atoms with Gasteiger partial charge in [0.15, 0.2) is 5.96 Å². The maximum atomic E-state index is 13.1. The summed E-state index contributed by atoms with van der Waals surface area (Å²) in [7, 11) is 3.72. The van der Waals surface area contributed by atoms with Gasteiger partial charge in [-0.2, -0.15) is 5.10 Å². The van der Waals surface area contributed by atoms with Crippen LogP contribution in [-0.4, -0.2) is 53.9 Å². The molecule has 134 valence electrons. The van der Waals surface area contributed by atoms with Crippen LogP contribution in [0.1, 0.15) is 17.9 Å². The van der Waals surface area contributed by atoms with Crippen LogP contribution in [0.3, 0.4) is 0 Å². The van der Waals surface area contributed by atoms with E-state index < -0.39 is 0 Å². The first-order valence-electron chi connectivity index (χ1n) is 8.48. The molecule has 1 fully saturated rings. The summed E-state index contributed by atoms with van der Waals surface area (Å²) in [5, 5.41) is 7.57. The second kappa shape index (κ2) is 8.00. The fraction of sp³-hybridized carbons (Fsp3) is 0.444. The van der Waals surface area contributed by atoms with E-state index in [1.807, 2.05) is 17.9 Å². The van der Waals surface area contributed by atoms with Crippen LogP contribution in [-0.2, 0) is 7.05 Å². The molecule has 0 saturated carbocycles. The topological polar surface area (TPSA) is 54.7 Å². The monoisotopic (exact) mass is 345 g/mol. The van der Waals surface area contributed by atoms with Crippen LogP contribution in [0.2, 0.25) is 0 Å². The van der Waals surface area contributed by atoms with E-state index in [1.54, 1.807) is 19.2 Å². The number of nitrogens with one attached hydrogen (secondary N) is 1. The summed E-state index contributed by atoms with van der Waals surface area (Å²) in [6.07, 6.45) is 5.11. The van der Waals surface area contributed by atoms with Crippen molar-refractivity contribution in [2.24, 2.45) is 12.0 Å². The van der Waals surface area contributed by atoms with Crippen molar-refractivity contribution in [3.8, 4) is 5.75 Å². The summed E-state index contributed by atoms with van der Waals surface area (Å²) in [5.74, 6) is 1.60. The number of aromatic nitrogens is 2. The van der Waals surface area contributed by atoms with E-state index in [2.05, 4.69) is 26.5 Å². The third kappa shape index (κ3) is 4.49. The van der Waals surface area contributed by atoms with Crippen LogP contribution >= 0.6 is 0 Å². The maximum absolute atomic E-state index is 13.1. The molecule has 2 aromatic rings. The Bertz CT molecular complexity index is 730. The Hall–Kier alpha value is -2.57. The van der Waals surface area contributed by atoms with Gasteiger partial charge in [-0.05, 0) is 24.1 Å². The lowest BCUT2D eigenvalue weighted by Gasteiger charge is -2.21. The molecule has 0 bridgehead atoms. The highest BCUT2D eigenvalue weighted by Gasteiger charge is 2.26. The van der Waals surface area contributed by atoms with E-state index in [4.69, 9.17) is 4.74 Å². The minimum absolute atomic E-state index is 0.292. The normalized spacial score (nSPS) is 17.8. The van der Waals surface area contributed by atoms with E-state index in [0.29, 0.717) is 24.8 Å². The minimum atomic E-state index is -0.292. The van der Waals surface area contributed by atoms with Gasteiger partial charge in [0, 0.05) is 45.4 Å². The lowest BCUT2D eigenvalue weighted by atomic mass is 10.0. The van der Waals surface area contributed by atoms with Crippen LogP contribution in [0.15, 0.2) is 41.7 Å². The van der Waals surface area contributed by atoms with Gasteiger partial charge in [-0.25, -0.2) is 4.39 Å². The number of ether oxygens (including phenoxy) is 1. The molecule has 1 saturated heterocycles. The molecule has 1 aromatic heterocycles. The molecule has 1 unspecified atom stereocenters. The van der Waals surface area contributed by atoms with Crippen molar-refractivity contribution in [1.29, 1.82) is 0 Å². The van der Waals surface area contributed by atoms with Gasteiger partial charge in [-0.3, -0.25) is 9.67 Å². The molecule has 0 spiro atoms. The van der Waals surface area contributed by atoms with Crippen molar-refractivity contribution in [3.05, 3.63) is 48.0 Å². The first-order valence-corrected chi connectivity index (χ1v) is 8.48. The fourth-order valence-corrected chi connectivity index (χ4v) is 3.10. The van der Waals surface area contributed by atoms with Gasteiger partial charge in [-0.15, -0.1) is 0 Å². The summed E-state index contributed by atoms with van der Waals surface area (Å²) >= 11 is 0. The van der Waals surface area contributed by atoms with Gasteiger partial charge in [-0.1, -0.05) is 6.07 Å². The summed E-state index contributed by atoms with van der Waals surface area (Å²) in [4.78, 5) is 6.61. The summed E-state index contributed by atoms with van der Waals surface area (Å²) in [5.41, 5.74) is 1.27. The molecule has 1 N–H and O–H groups in total. The SMILES string of the molecule is CN=C(NCCOc1cccc(F)c1)N1CCC(c2cnn(C)c2)C1. The van der Waals surface area contributed by atoms with Gasteiger partial charge in [0.2, 0.25) is 0 Å². The smallest absolute Gasteiger partial charge is 0.193 e. The Morgan fingerprint density at radius 3 is 3.08 bits per heavy atom. The van der Waals surface area contributed by atoms with Crippen molar-refractivity contribution >= 4 is 5.96 Å². The molecule has 25 heavy (non-hydrogen) atoms. The highest BCUT2D eigenvalue weighted by Crippen LogP contribution is 2.26. The largest absolute Gasteiger partial charge is 0.492 e. The first-order chi connectivity index (χ1) is 12.2. The summed E-state index contributed by atoms with van der Waals surface area (Å²) in [6, 6.07) is 6.17. The van der Waals surface area contributed by atoms with Gasteiger partial charge in [0.25, 0.3) is 0 Å². The Labute approximate surface area is 147 Å². The third-order valence-corrected chi connectivity index (χ3v) is 4.35. The number of nitrogens with zero attached hydrogens (tertiary/aromatic N) is 4. The second-order valence-electron chi connectivity index (χ2n) is 6.16. The van der Waals surface area contributed by atoms with E-state index in [1.165, 1.54) is 17.7 Å². The molecule has 2 heterocycles. The number of halogens is 1. The number of guanidine groups is 1. The van der Waals surface area contributed by atoms with Crippen molar-refractivity contribution in [1.82, 2.24) is 20.0 Å². The lowest BCUT2D eigenvalue weighted by Crippen LogP contribution is -2.41. The second-order valence-corrected chi connectivity index (χ2v) is 6.16. The van der Waals surface area contributed by atoms with E-state index in [0.717, 1.165) is 25.5 Å². The maximum Gasteiger partial charge on any atom is 0.193 e. The number of likely N-dealkylation sites (tertiary alicyclic amines) is 1. The third-order valence-electron chi connectivity index (χ3n) is 4.35. The molecule has 1 aromatic carbocycles. The van der Waals surface area contributed by atoms with Crippen LogP contribution in [0, 0.1) is 5.82 Å². The van der Waals surface area contributed by atoms with E-state index in [9.17, 15) is 4.39 Å². The zero-order valence-electron chi connectivity index (χ0n) is 14.7. The number of aryl methyl sites for hydroxylation is 1. The van der Waals surface area contributed by atoms with Gasteiger partial charge < -0.3 is 15.0 Å². The van der Waals surface area contributed by atoms with E-state index in [-0.39, 0.29) is 5.82 Å². The van der Waals surface area contributed by atoms with Crippen molar-refractivity contribution in [2.45, 2.75) is 12.3 Å². The summed E-state index contributed by atoms with van der Waals surface area (Å²) < 4.78 is 20.5. The number of hydrogen-bond donors (Lipinski definition) is 1. The number of hydrogen-bond acceptors (Lipinski definition) is 3.